The second kappa shape index (κ2) is 6.85. The number of halogens is 1. The zero-order valence-electron chi connectivity index (χ0n) is 12.7. The van der Waals surface area contributed by atoms with Gasteiger partial charge in [-0.1, -0.05) is 22.0 Å². The molecular weight excluding hydrogens is 370 g/mol. The van der Waals surface area contributed by atoms with Gasteiger partial charge >= 0.3 is 0 Å². The highest BCUT2D eigenvalue weighted by Crippen LogP contribution is 2.27. The molecule has 24 heavy (non-hydrogen) atoms. The molecule has 1 aliphatic heterocycles. The van der Waals surface area contributed by atoms with E-state index in [1.54, 1.807) is 29.2 Å². The quantitative estimate of drug-likeness (QED) is 0.883. The molecule has 0 aromatic heterocycles. The van der Waals surface area contributed by atoms with Crippen LogP contribution in [0.15, 0.2) is 53.0 Å². The minimum absolute atomic E-state index is 0.0664. The van der Waals surface area contributed by atoms with E-state index in [-0.39, 0.29) is 18.2 Å². The highest BCUT2D eigenvalue weighted by atomic mass is 79.9. The van der Waals surface area contributed by atoms with Crippen LogP contribution < -0.4 is 10.2 Å². The first-order chi connectivity index (χ1) is 11.6. The normalized spacial score (nSPS) is 16.8. The van der Waals surface area contributed by atoms with Gasteiger partial charge in [0.1, 0.15) is 0 Å². The van der Waals surface area contributed by atoms with Crippen LogP contribution >= 0.6 is 15.9 Å². The fourth-order valence-corrected chi connectivity index (χ4v) is 2.93. The lowest BCUT2D eigenvalue weighted by Crippen LogP contribution is -2.28. The largest absolute Gasteiger partial charge is 0.326 e. The van der Waals surface area contributed by atoms with Gasteiger partial charge in [0.05, 0.1) is 17.6 Å². The average Bonchev–Trinajstić information content (AvgIpc) is 2.98. The molecule has 1 heterocycles. The number of rotatable bonds is 3. The van der Waals surface area contributed by atoms with Crippen LogP contribution in [-0.4, -0.2) is 18.4 Å². The van der Waals surface area contributed by atoms with Crippen molar-refractivity contribution in [3.8, 4) is 6.07 Å². The van der Waals surface area contributed by atoms with Gasteiger partial charge in [0.2, 0.25) is 11.8 Å². The van der Waals surface area contributed by atoms with Crippen LogP contribution in [0, 0.1) is 17.2 Å². The SMILES string of the molecule is N#Cc1cccc(NC(=O)C2CC(=O)N(c3ccc(Br)cc3)C2)c1. The van der Waals surface area contributed by atoms with E-state index in [1.165, 1.54) is 0 Å². The van der Waals surface area contributed by atoms with Gasteiger partial charge in [-0.05, 0) is 42.5 Å². The van der Waals surface area contributed by atoms with Gasteiger partial charge in [-0.3, -0.25) is 9.59 Å². The summed E-state index contributed by atoms with van der Waals surface area (Å²) in [5, 5.41) is 11.7. The molecule has 0 saturated carbocycles. The van der Waals surface area contributed by atoms with Gasteiger partial charge in [0.25, 0.3) is 0 Å². The molecule has 6 heteroatoms. The highest BCUT2D eigenvalue weighted by Gasteiger charge is 2.35. The van der Waals surface area contributed by atoms with Crippen molar-refractivity contribution < 1.29 is 9.59 Å². The van der Waals surface area contributed by atoms with Gasteiger partial charge in [-0.15, -0.1) is 0 Å². The maximum Gasteiger partial charge on any atom is 0.229 e. The minimum atomic E-state index is -0.410. The van der Waals surface area contributed by atoms with Gasteiger partial charge in [0.15, 0.2) is 0 Å². The Morgan fingerprint density at radius 2 is 2.00 bits per heavy atom. The zero-order valence-corrected chi connectivity index (χ0v) is 14.3. The van der Waals surface area contributed by atoms with E-state index in [2.05, 4.69) is 21.2 Å². The number of hydrogen-bond acceptors (Lipinski definition) is 3. The third kappa shape index (κ3) is 3.47. The van der Waals surface area contributed by atoms with Gasteiger partial charge in [-0.2, -0.15) is 5.26 Å². The number of carbonyl (C=O) groups is 2. The van der Waals surface area contributed by atoms with E-state index in [9.17, 15) is 9.59 Å². The summed E-state index contributed by atoms with van der Waals surface area (Å²) < 4.78 is 0.935. The Hall–Kier alpha value is -2.65. The molecule has 0 spiro atoms. The molecule has 1 saturated heterocycles. The van der Waals surface area contributed by atoms with Crippen LogP contribution in [0.4, 0.5) is 11.4 Å². The van der Waals surface area contributed by atoms with Crippen LogP contribution in [0.5, 0.6) is 0 Å². The maximum atomic E-state index is 12.4. The van der Waals surface area contributed by atoms with Crippen molar-refractivity contribution in [2.45, 2.75) is 6.42 Å². The molecule has 1 aliphatic rings. The van der Waals surface area contributed by atoms with Crippen molar-refractivity contribution in [2.75, 3.05) is 16.8 Å². The lowest BCUT2D eigenvalue weighted by atomic mass is 10.1. The predicted octanol–water partition coefficient (Wildman–Crippen LogP) is 3.31. The Balaban J connectivity index is 1.69. The monoisotopic (exact) mass is 383 g/mol. The molecular formula is C18H14BrN3O2. The molecule has 2 aromatic rings. The fourth-order valence-electron chi connectivity index (χ4n) is 2.66. The van der Waals surface area contributed by atoms with E-state index >= 15 is 0 Å². The van der Waals surface area contributed by atoms with Gasteiger partial charge in [-0.25, -0.2) is 0 Å². The first-order valence-corrected chi connectivity index (χ1v) is 8.23. The zero-order chi connectivity index (χ0) is 17.1. The summed E-state index contributed by atoms with van der Waals surface area (Å²) in [6.45, 7) is 0.351. The van der Waals surface area contributed by atoms with Crippen LogP contribution in [0.1, 0.15) is 12.0 Å². The second-order valence-electron chi connectivity index (χ2n) is 5.56. The summed E-state index contributed by atoms with van der Waals surface area (Å²) in [4.78, 5) is 26.3. The van der Waals surface area contributed by atoms with Crippen LogP contribution in [0.25, 0.3) is 0 Å². The lowest BCUT2D eigenvalue weighted by molar-refractivity contribution is -0.122. The van der Waals surface area contributed by atoms with E-state index in [4.69, 9.17) is 5.26 Å². The molecule has 2 aromatic carbocycles. The maximum absolute atomic E-state index is 12.4. The molecule has 1 unspecified atom stereocenters. The van der Waals surface area contributed by atoms with Crippen molar-refractivity contribution in [3.05, 3.63) is 58.6 Å². The Kier molecular flexibility index (Phi) is 4.63. The molecule has 1 fully saturated rings. The van der Waals surface area contributed by atoms with Crippen molar-refractivity contribution in [1.29, 1.82) is 5.26 Å². The minimum Gasteiger partial charge on any atom is -0.326 e. The summed E-state index contributed by atoms with van der Waals surface area (Å²) in [5.41, 5.74) is 1.82. The fraction of sp³-hybridized carbons (Fsp3) is 0.167. The van der Waals surface area contributed by atoms with Crippen molar-refractivity contribution >= 4 is 39.1 Å². The summed E-state index contributed by atoms with van der Waals surface area (Å²) in [6, 6.07) is 16.2. The average molecular weight is 384 g/mol. The number of nitriles is 1. The predicted molar refractivity (Wildman–Crippen MR) is 94.4 cm³/mol. The molecule has 0 radical (unpaired) electrons. The molecule has 1 atom stereocenters. The number of anilines is 2. The van der Waals surface area contributed by atoms with E-state index < -0.39 is 5.92 Å². The lowest BCUT2D eigenvalue weighted by Gasteiger charge is -2.16. The van der Waals surface area contributed by atoms with E-state index in [0.29, 0.717) is 17.8 Å². The third-order valence-electron chi connectivity index (χ3n) is 3.89. The summed E-state index contributed by atoms with van der Waals surface area (Å²) in [5.74, 6) is -0.687. The molecule has 3 rings (SSSR count). The summed E-state index contributed by atoms with van der Waals surface area (Å²) in [7, 11) is 0. The first kappa shape index (κ1) is 16.2. The van der Waals surface area contributed by atoms with Crippen molar-refractivity contribution in [3.63, 3.8) is 0 Å². The first-order valence-electron chi connectivity index (χ1n) is 7.44. The highest BCUT2D eigenvalue weighted by molar-refractivity contribution is 9.10. The van der Waals surface area contributed by atoms with E-state index in [1.807, 2.05) is 30.3 Å². The second-order valence-corrected chi connectivity index (χ2v) is 6.48. The molecule has 0 aliphatic carbocycles. The topological polar surface area (TPSA) is 73.2 Å². The molecule has 2 amide bonds. The number of amides is 2. The number of nitrogens with zero attached hydrogens (tertiary/aromatic N) is 2. The number of nitrogens with one attached hydrogen (secondary N) is 1. The van der Waals surface area contributed by atoms with Gasteiger partial charge in [0, 0.05) is 28.8 Å². The third-order valence-corrected chi connectivity index (χ3v) is 4.42. The standard InChI is InChI=1S/C18H14BrN3O2/c19-14-4-6-16(7-5-14)22-11-13(9-17(22)23)18(24)21-15-3-1-2-12(8-15)10-20/h1-8,13H,9,11H2,(H,21,24). The molecule has 1 N–H and O–H groups in total. The Morgan fingerprint density at radius 3 is 2.71 bits per heavy atom. The Bertz CT molecular complexity index is 827. The Labute approximate surface area is 148 Å². The number of benzene rings is 2. The number of carbonyl (C=O) groups excluding carboxylic acids is 2. The van der Waals surface area contributed by atoms with Crippen LogP contribution in [0.3, 0.4) is 0 Å². The molecule has 120 valence electrons. The van der Waals surface area contributed by atoms with Crippen LogP contribution in [0.2, 0.25) is 0 Å². The van der Waals surface area contributed by atoms with Crippen molar-refractivity contribution in [1.82, 2.24) is 0 Å². The Morgan fingerprint density at radius 1 is 1.25 bits per heavy atom. The van der Waals surface area contributed by atoms with Crippen LogP contribution in [-0.2, 0) is 9.59 Å². The molecule has 5 nitrogen and oxygen atoms in total. The molecule has 0 bridgehead atoms. The van der Waals surface area contributed by atoms with Gasteiger partial charge < -0.3 is 10.2 Å². The smallest absolute Gasteiger partial charge is 0.229 e. The summed E-state index contributed by atoms with van der Waals surface area (Å²) in [6.07, 6.45) is 0.180. The summed E-state index contributed by atoms with van der Waals surface area (Å²) >= 11 is 3.36. The van der Waals surface area contributed by atoms with Crippen molar-refractivity contribution in [2.24, 2.45) is 5.92 Å². The number of hydrogen-bond donors (Lipinski definition) is 1. The van der Waals surface area contributed by atoms with E-state index in [0.717, 1.165) is 10.2 Å².